The number of carbonyl (C=O) groups is 1. The van der Waals surface area contributed by atoms with Crippen LogP contribution in [-0.4, -0.2) is 30.2 Å². The molecule has 1 N–H and O–H groups in total. The monoisotopic (exact) mass is 631 g/mol. The first-order valence-corrected chi connectivity index (χ1v) is 15.8. The molecule has 1 aromatic heterocycles. The molecule has 0 radical (unpaired) electrons. The molecule has 0 bridgehead atoms. The molecule has 0 saturated carbocycles. The van der Waals surface area contributed by atoms with Crippen LogP contribution in [0, 0.1) is 0 Å². The van der Waals surface area contributed by atoms with E-state index in [1.807, 2.05) is 66.7 Å². The van der Waals surface area contributed by atoms with Gasteiger partial charge in [0.25, 0.3) is 0 Å². The quantitative estimate of drug-likeness (QED) is 0.157. The first-order chi connectivity index (χ1) is 20.7. The normalized spacial score (nSPS) is 12.5. The number of nitrogens with zero attached hydrogens (tertiary/aromatic N) is 1. The summed E-state index contributed by atoms with van der Waals surface area (Å²) in [7, 11) is -3.59. The van der Waals surface area contributed by atoms with E-state index in [1.54, 1.807) is 24.3 Å². The Morgan fingerprint density at radius 2 is 1.58 bits per heavy atom. The van der Waals surface area contributed by atoms with E-state index in [1.165, 1.54) is 24.3 Å². The third-order valence-corrected chi connectivity index (χ3v) is 9.13. The van der Waals surface area contributed by atoms with Crippen LogP contribution in [0.2, 0.25) is 10.0 Å². The van der Waals surface area contributed by atoms with Crippen molar-refractivity contribution >= 4 is 62.1 Å². The number of sulfone groups is 1. The Bertz CT molecular complexity index is 1890. The number of benzene rings is 4. The number of aromatic nitrogens is 1. The Balaban J connectivity index is 1.37. The van der Waals surface area contributed by atoms with Crippen LogP contribution in [0.1, 0.15) is 45.3 Å². The minimum atomic E-state index is -3.59. The van der Waals surface area contributed by atoms with E-state index < -0.39 is 21.9 Å². The number of halogens is 2. The summed E-state index contributed by atoms with van der Waals surface area (Å²) in [5.41, 5.74) is 4.23. The Morgan fingerprint density at radius 3 is 2.33 bits per heavy atom. The standard InChI is InChI=1S/C34H27Cl2NO5S/c35-28-12-16-31(17-13-28)43(40,41)19-18-33(42-22-24-4-7-26(8-5-24)34(38)39)27-3-1-2-23(20-27)6-14-30-15-10-25-9-11-29(36)21-32(25)37-30/h1-17,20-21,33H,18-19,22H2,(H,38,39)/b14-6+. The molecule has 0 amide bonds. The number of hydrogen-bond acceptors (Lipinski definition) is 5. The van der Waals surface area contributed by atoms with E-state index >= 15 is 0 Å². The van der Waals surface area contributed by atoms with Crippen molar-refractivity contribution in [2.45, 2.75) is 24.0 Å². The van der Waals surface area contributed by atoms with E-state index in [2.05, 4.69) is 4.98 Å². The van der Waals surface area contributed by atoms with Gasteiger partial charge in [0.1, 0.15) is 0 Å². The second kappa shape index (κ2) is 13.5. The molecule has 0 saturated heterocycles. The van der Waals surface area contributed by atoms with Crippen LogP contribution < -0.4 is 0 Å². The maximum atomic E-state index is 13.1. The summed E-state index contributed by atoms with van der Waals surface area (Å²) < 4.78 is 32.5. The topological polar surface area (TPSA) is 93.6 Å². The van der Waals surface area contributed by atoms with Crippen LogP contribution in [0.5, 0.6) is 0 Å². The Hall–Kier alpha value is -4.01. The zero-order valence-corrected chi connectivity index (χ0v) is 25.2. The van der Waals surface area contributed by atoms with Gasteiger partial charge in [-0.1, -0.05) is 71.7 Å². The van der Waals surface area contributed by atoms with Gasteiger partial charge in [0.2, 0.25) is 0 Å². The number of pyridine rings is 1. The third kappa shape index (κ3) is 8.09. The van der Waals surface area contributed by atoms with Crippen LogP contribution in [0.15, 0.2) is 108 Å². The van der Waals surface area contributed by atoms with Gasteiger partial charge < -0.3 is 9.84 Å². The number of ether oxygens (including phenoxy) is 1. The van der Waals surface area contributed by atoms with Crippen molar-refractivity contribution in [3.63, 3.8) is 0 Å². The van der Waals surface area contributed by atoms with Crippen LogP contribution in [0.4, 0.5) is 0 Å². The van der Waals surface area contributed by atoms with E-state index in [0.29, 0.717) is 10.0 Å². The van der Waals surface area contributed by atoms with E-state index in [-0.39, 0.29) is 29.2 Å². The molecule has 4 aromatic carbocycles. The van der Waals surface area contributed by atoms with Crippen molar-refractivity contribution < 1.29 is 23.1 Å². The molecule has 0 aliphatic heterocycles. The summed E-state index contributed by atoms with van der Waals surface area (Å²) in [6, 6.07) is 29.7. The molecule has 43 heavy (non-hydrogen) atoms. The predicted molar refractivity (Wildman–Crippen MR) is 171 cm³/mol. The molecule has 1 unspecified atom stereocenters. The lowest BCUT2D eigenvalue weighted by Gasteiger charge is -2.19. The minimum Gasteiger partial charge on any atom is -0.478 e. The molecule has 0 aliphatic carbocycles. The molecule has 5 rings (SSSR count). The lowest BCUT2D eigenvalue weighted by molar-refractivity contribution is 0.0376. The van der Waals surface area contributed by atoms with Gasteiger partial charge in [0.15, 0.2) is 9.84 Å². The Labute approximate surface area is 260 Å². The number of hydrogen-bond donors (Lipinski definition) is 1. The van der Waals surface area contributed by atoms with Gasteiger partial charge in [0.05, 0.1) is 40.1 Å². The lowest BCUT2D eigenvalue weighted by atomic mass is 10.0. The Morgan fingerprint density at radius 1 is 0.860 bits per heavy atom. The maximum Gasteiger partial charge on any atom is 0.335 e. The molecule has 218 valence electrons. The van der Waals surface area contributed by atoms with Crippen molar-refractivity contribution in [1.82, 2.24) is 4.98 Å². The zero-order chi connectivity index (χ0) is 30.4. The molecule has 0 fully saturated rings. The zero-order valence-electron chi connectivity index (χ0n) is 22.9. The van der Waals surface area contributed by atoms with E-state index in [9.17, 15) is 18.3 Å². The highest BCUT2D eigenvalue weighted by Crippen LogP contribution is 2.27. The molecule has 0 spiro atoms. The van der Waals surface area contributed by atoms with Gasteiger partial charge in [-0.15, -0.1) is 0 Å². The number of fused-ring (bicyclic) bond motifs is 1. The van der Waals surface area contributed by atoms with Crippen LogP contribution in [0.3, 0.4) is 0 Å². The molecule has 6 nitrogen and oxygen atoms in total. The largest absolute Gasteiger partial charge is 0.478 e. The third-order valence-electron chi connectivity index (χ3n) is 6.88. The number of aromatic carboxylic acids is 1. The highest BCUT2D eigenvalue weighted by molar-refractivity contribution is 7.91. The fourth-order valence-corrected chi connectivity index (χ4v) is 6.16. The summed E-state index contributed by atoms with van der Waals surface area (Å²) in [5, 5.41) is 11.3. The first kappa shape index (κ1) is 30.4. The van der Waals surface area contributed by atoms with Crippen molar-refractivity contribution in [3.8, 4) is 0 Å². The van der Waals surface area contributed by atoms with Gasteiger partial charge in [-0.2, -0.15) is 0 Å². The number of carboxylic acid groups (broad SMARTS) is 1. The number of carboxylic acids is 1. The van der Waals surface area contributed by atoms with Crippen molar-refractivity contribution in [2.24, 2.45) is 0 Å². The second-order valence-corrected chi connectivity index (χ2v) is 12.9. The van der Waals surface area contributed by atoms with E-state index in [0.717, 1.165) is 33.3 Å². The highest BCUT2D eigenvalue weighted by Gasteiger charge is 2.20. The molecule has 1 atom stereocenters. The smallest absolute Gasteiger partial charge is 0.335 e. The predicted octanol–water partition coefficient (Wildman–Crippen LogP) is 8.53. The average molecular weight is 633 g/mol. The van der Waals surface area contributed by atoms with Gasteiger partial charge >= 0.3 is 5.97 Å². The van der Waals surface area contributed by atoms with Crippen LogP contribution >= 0.6 is 23.2 Å². The molecular weight excluding hydrogens is 605 g/mol. The van der Waals surface area contributed by atoms with Crippen LogP contribution in [0.25, 0.3) is 23.1 Å². The van der Waals surface area contributed by atoms with Crippen molar-refractivity contribution in [1.29, 1.82) is 0 Å². The summed E-state index contributed by atoms with van der Waals surface area (Å²) in [4.78, 5) is 16.1. The molecule has 1 heterocycles. The second-order valence-electron chi connectivity index (χ2n) is 9.94. The van der Waals surface area contributed by atoms with Gasteiger partial charge in [-0.25, -0.2) is 18.2 Å². The minimum absolute atomic E-state index is 0.138. The molecular formula is C34H27Cl2NO5S. The van der Waals surface area contributed by atoms with Crippen LogP contribution in [-0.2, 0) is 21.2 Å². The van der Waals surface area contributed by atoms with Crippen molar-refractivity contribution in [3.05, 3.63) is 141 Å². The molecule has 9 heteroatoms. The van der Waals surface area contributed by atoms with E-state index in [4.69, 9.17) is 27.9 Å². The van der Waals surface area contributed by atoms with Gasteiger partial charge in [-0.3, -0.25) is 0 Å². The molecule has 0 aliphatic rings. The number of rotatable bonds is 11. The summed E-state index contributed by atoms with van der Waals surface area (Å²) in [6.45, 7) is 0.176. The van der Waals surface area contributed by atoms with Gasteiger partial charge in [-0.05, 0) is 89.9 Å². The summed E-state index contributed by atoms with van der Waals surface area (Å²) in [5.74, 6) is -1.15. The Kier molecular flexibility index (Phi) is 9.58. The molecule has 5 aromatic rings. The summed E-state index contributed by atoms with van der Waals surface area (Å²) >= 11 is 12.1. The fourth-order valence-electron chi connectivity index (χ4n) is 4.55. The highest BCUT2D eigenvalue weighted by atomic mass is 35.5. The first-order valence-electron chi connectivity index (χ1n) is 13.4. The maximum absolute atomic E-state index is 13.1. The summed E-state index contributed by atoms with van der Waals surface area (Å²) in [6.07, 6.45) is 3.51. The lowest BCUT2D eigenvalue weighted by Crippen LogP contribution is -2.13. The van der Waals surface area contributed by atoms with Gasteiger partial charge in [0, 0.05) is 15.4 Å². The van der Waals surface area contributed by atoms with Crippen molar-refractivity contribution in [2.75, 3.05) is 5.75 Å². The SMILES string of the molecule is O=C(O)c1ccc(COC(CCS(=O)(=O)c2ccc(Cl)cc2)c2cccc(/C=C/c3ccc4ccc(Cl)cc4n3)c2)cc1. The average Bonchev–Trinajstić information content (AvgIpc) is 3.00. The fraction of sp³-hybridized carbons (Fsp3) is 0.118.